The summed E-state index contributed by atoms with van der Waals surface area (Å²) in [5.41, 5.74) is 0. The normalized spacial score (nSPS) is 13.0. The van der Waals surface area contributed by atoms with Gasteiger partial charge >= 0.3 is 0 Å². The van der Waals surface area contributed by atoms with Gasteiger partial charge in [0.2, 0.25) is 0 Å². The zero-order valence-electron chi connectivity index (χ0n) is 7.61. The number of hydrogen-bond acceptors (Lipinski definition) is 3. The van der Waals surface area contributed by atoms with Gasteiger partial charge in [-0.2, -0.15) is 0 Å². The van der Waals surface area contributed by atoms with E-state index in [4.69, 9.17) is 11.6 Å². The van der Waals surface area contributed by atoms with Gasteiger partial charge in [-0.1, -0.05) is 11.6 Å². The van der Waals surface area contributed by atoms with Crippen LogP contribution in [-0.2, 0) is 6.42 Å². The molecule has 0 aliphatic heterocycles. The van der Waals surface area contributed by atoms with Gasteiger partial charge in [0, 0.05) is 26.0 Å². The first-order valence-corrected chi connectivity index (χ1v) is 7.23. The Morgan fingerprint density at radius 1 is 1.47 bits per heavy atom. The molecule has 0 spiro atoms. The van der Waals surface area contributed by atoms with E-state index in [1.807, 2.05) is 22.9 Å². The topological polar surface area (TPSA) is 20.2 Å². The van der Waals surface area contributed by atoms with Gasteiger partial charge in [0.1, 0.15) is 0 Å². The highest BCUT2D eigenvalue weighted by Gasteiger charge is 2.13. The zero-order valence-corrected chi connectivity index (χ0v) is 11.6. The standard InChI is InChI=1S/C10H8BrClOS2/c11-7-1-2-14-9(7)4-8(13)10-3-6(12)5-15-10/h1-3,5,8,13H,4H2. The van der Waals surface area contributed by atoms with Crippen molar-refractivity contribution in [3.8, 4) is 0 Å². The van der Waals surface area contributed by atoms with E-state index in [1.54, 1.807) is 11.3 Å². The molecule has 0 fully saturated rings. The Morgan fingerprint density at radius 3 is 2.80 bits per heavy atom. The summed E-state index contributed by atoms with van der Waals surface area (Å²) in [6, 6.07) is 3.81. The third kappa shape index (κ3) is 2.82. The molecule has 0 radical (unpaired) electrons. The summed E-state index contributed by atoms with van der Waals surface area (Å²) >= 11 is 12.4. The van der Waals surface area contributed by atoms with Crippen molar-refractivity contribution in [2.45, 2.75) is 12.5 Å². The average molecular weight is 324 g/mol. The molecule has 0 bridgehead atoms. The van der Waals surface area contributed by atoms with Crippen molar-refractivity contribution in [1.82, 2.24) is 0 Å². The van der Waals surface area contributed by atoms with Gasteiger partial charge in [0.25, 0.3) is 0 Å². The van der Waals surface area contributed by atoms with Crippen LogP contribution < -0.4 is 0 Å². The lowest BCUT2D eigenvalue weighted by molar-refractivity contribution is 0.183. The van der Waals surface area contributed by atoms with Crippen LogP contribution in [0.15, 0.2) is 27.4 Å². The first-order valence-electron chi connectivity index (χ1n) is 4.30. The van der Waals surface area contributed by atoms with Crippen LogP contribution in [0.3, 0.4) is 0 Å². The molecule has 1 atom stereocenters. The summed E-state index contributed by atoms with van der Waals surface area (Å²) in [4.78, 5) is 2.08. The van der Waals surface area contributed by atoms with Crippen LogP contribution in [0.4, 0.5) is 0 Å². The molecule has 2 rings (SSSR count). The summed E-state index contributed by atoms with van der Waals surface area (Å²) in [5, 5.41) is 14.5. The maximum absolute atomic E-state index is 9.97. The molecule has 0 saturated carbocycles. The molecule has 0 saturated heterocycles. The maximum atomic E-state index is 9.97. The molecule has 15 heavy (non-hydrogen) atoms. The Kier molecular flexibility index (Phi) is 3.85. The Balaban J connectivity index is 2.10. The summed E-state index contributed by atoms with van der Waals surface area (Å²) in [7, 11) is 0. The van der Waals surface area contributed by atoms with Crippen molar-refractivity contribution in [3.63, 3.8) is 0 Å². The highest BCUT2D eigenvalue weighted by Crippen LogP contribution is 2.31. The molecule has 80 valence electrons. The van der Waals surface area contributed by atoms with E-state index < -0.39 is 6.10 Å². The van der Waals surface area contributed by atoms with E-state index in [0.717, 1.165) is 14.2 Å². The monoisotopic (exact) mass is 322 g/mol. The SMILES string of the molecule is OC(Cc1sccc1Br)c1cc(Cl)cs1. The molecule has 0 aromatic carbocycles. The summed E-state index contributed by atoms with van der Waals surface area (Å²) in [5.74, 6) is 0. The van der Waals surface area contributed by atoms with Gasteiger partial charge in [-0.3, -0.25) is 0 Å². The van der Waals surface area contributed by atoms with E-state index in [-0.39, 0.29) is 0 Å². The number of aliphatic hydroxyl groups is 1. The first kappa shape index (κ1) is 11.6. The summed E-state index contributed by atoms with van der Waals surface area (Å²) in [6.07, 6.45) is 0.173. The molecule has 5 heteroatoms. The van der Waals surface area contributed by atoms with Gasteiger partial charge in [0.15, 0.2) is 0 Å². The fourth-order valence-corrected chi connectivity index (χ4v) is 3.87. The smallest absolute Gasteiger partial charge is 0.0930 e. The van der Waals surface area contributed by atoms with Crippen LogP contribution in [0.25, 0.3) is 0 Å². The van der Waals surface area contributed by atoms with Crippen LogP contribution in [-0.4, -0.2) is 5.11 Å². The lowest BCUT2D eigenvalue weighted by atomic mass is 10.2. The van der Waals surface area contributed by atoms with E-state index in [0.29, 0.717) is 11.4 Å². The largest absolute Gasteiger partial charge is 0.387 e. The molecule has 2 aromatic heterocycles. The minimum Gasteiger partial charge on any atom is -0.387 e. The van der Waals surface area contributed by atoms with Crippen molar-refractivity contribution >= 4 is 50.2 Å². The van der Waals surface area contributed by atoms with E-state index in [1.165, 1.54) is 11.3 Å². The lowest BCUT2D eigenvalue weighted by Gasteiger charge is -2.06. The zero-order chi connectivity index (χ0) is 10.8. The Bertz CT molecular complexity index is 452. The molecule has 2 aromatic rings. The molecule has 0 aliphatic carbocycles. The molecule has 1 unspecified atom stereocenters. The van der Waals surface area contributed by atoms with Gasteiger partial charge in [-0.15, -0.1) is 22.7 Å². The predicted octanol–water partition coefficient (Wildman–Crippen LogP) is 4.50. The molecular formula is C10H8BrClOS2. The fraction of sp³-hybridized carbons (Fsp3) is 0.200. The highest BCUT2D eigenvalue weighted by molar-refractivity contribution is 9.10. The average Bonchev–Trinajstić information content (AvgIpc) is 2.77. The van der Waals surface area contributed by atoms with Crippen LogP contribution in [0.2, 0.25) is 5.02 Å². The molecule has 0 aliphatic rings. The van der Waals surface area contributed by atoms with Crippen molar-refractivity contribution in [2.24, 2.45) is 0 Å². The van der Waals surface area contributed by atoms with Crippen LogP contribution in [0.1, 0.15) is 15.9 Å². The number of thiophene rings is 2. The van der Waals surface area contributed by atoms with Gasteiger partial charge in [-0.05, 0) is 33.4 Å². The minimum absolute atomic E-state index is 0.461. The van der Waals surface area contributed by atoms with Crippen LogP contribution in [0, 0.1) is 0 Å². The summed E-state index contributed by atoms with van der Waals surface area (Å²) < 4.78 is 1.06. The Hall–Kier alpha value is 0.130. The molecule has 1 nitrogen and oxygen atoms in total. The third-order valence-corrected chi connectivity index (χ3v) is 5.32. The van der Waals surface area contributed by atoms with Crippen LogP contribution >= 0.6 is 50.2 Å². The predicted molar refractivity (Wildman–Crippen MR) is 70.0 cm³/mol. The minimum atomic E-state index is -0.461. The first-order chi connectivity index (χ1) is 7.16. The maximum Gasteiger partial charge on any atom is 0.0930 e. The van der Waals surface area contributed by atoms with Crippen molar-refractivity contribution < 1.29 is 5.11 Å². The number of rotatable bonds is 3. The van der Waals surface area contributed by atoms with Crippen molar-refractivity contribution in [1.29, 1.82) is 0 Å². The second-order valence-corrected chi connectivity index (χ2v) is 6.31. The van der Waals surface area contributed by atoms with Crippen LogP contribution in [0.5, 0.6) is 0 Å². The van der Waals surface area contributed by atoms with Gasteiger partial charge < -0.3 is 5.11 Å². The fourth-order valence-electron chi connectivity index (χ4n) is 1.25. The molecule has 2 heterocycles. The number of halogens is 2. The highest BCUT2D eigenvalue weighted by atomic mass is 79.9. The lowest BCUT2D eigenvalue weighted by Crippen LogP contribution is -1.97. The third-order valence-electron chi connectivity index (χ3n) is 1.99. The molecular weight excluding hydrogens is 316 g/mol. The quantitative estimate of drug-likeness (QED) is 0.881. The van der Waals surface area contributed by atoms with E-state index in [2.05, 4.69) is 15.9 Å². The summed E-state index contributed by atoms with van der Waals surface area (Å²) in [6.45, 7) is 0. The Labute approximate surface area is 109 Å². The second kappa shape index (κ2) is 4.97. The van der Waals surface area contributed by atoms with Crippen molar-refractivity contribution in [2.75, 3.05) is 0 Å². The second-order valence-electron chi connectivity index (χ2n) is 3.08. The Morgan fingerprint density at radius 2 is 2.27 bits per heavy atom. The van der Waals surface area contributed by atoms with E-state index >= 15 is 0 Å². The molecule has 1 N–H and O–H groups in total. The molecule has 0 amide bonds. The van der Waals surface area contributed by atoms with Crippen molar-refractivity contribution in [3.05, 3.63) is 42.1 Å². The number of aliphatic hydroxyl groups excluding tert-OH is 1. The van der Waals surface area contributed by atoms with Gasteiger partial charge in [-0.25, -0.2) is 0 Å². The van der Waals surface area contributed by atoms with Gasteiger partial charge in [0.05, 0.1) is 11.1 Å². The van der Waals surface area contributed by atoms with E-state index in [9.17, 15) is 5.11 Å². The number of hydrogen-bond donors (Lipinski definition) is 1.